The van der Waals surface area contributed by atoms with Crippen molar-refractivity contribution in [3.8, 4) is 0 Å². The summed E-state index contributed by atoms with van der Waals surface area (Å²) >= 11 is 2.40. The molecule has 1 aromatic carbocycles. The summed E-state index contributed by atoms with van der Waals surface area (Å²) in [4.78, 5) is 0. The molecule has 0 bridgehead atoms. The lowest BCUT2D eigenvalue weighted by molar-refractivity contribution is 0.453. The van der Waals surface area contributed by atoms with Crippen molar-refractivity contribution in [2.75, 3.05) is 0 Å². The lowest BCUT2D eigenvalue weighted by atomic mass is 9.99. The third-order valence-electron chi connectivity index (χ3n) is 5.73. The number of hydrogen-bond donors (Lipinski definition) is 0. The molecule has 0 aliphatic heterocycles. The van der Waals surface area contributed by atoms with Gasteiger partial charge in [0.25, 0.3) is 0 Å². The van der Waals surface area contributed by atoms with E-state index in [0.29, 0.717) is 11.3 Å². The Balaban J connectivity index is 1.94. The fraction of sp³-hybridized carbons (Fsp3) is 0.684. The first kappa shape index (κ1) is 17.0. The fourth-order valence-electron chi connectivity index (χ4n) is 4.47. The molecule has 0 radical (unpaired) electrons. The van der Waals surface area contributed by atoms with E-state index in [1.807, 2.05) is 0 Å². The van der Waals surface area contributed by atoms with E-state index in [1.165, 1.54) is 75.1 Å². The van der Waals surface area contributed by atoms with Crippen LogP contribution < -0.4 is 5.30 Å². The summed E-state index contributed by atoms with van der Waals surface area (Å²) in [6.45, 7) is 0. The Morgan fingerprint density at radius 1 is 0.818 bits per heavy atom. The Labute approximate surface area is 149 Å². The molecular formula is C19H28IOP. The van der Waals surface area contributed by atoms with Crippen LogP contribution in [0.15, 0.2) is 24.3 Å². The normalized spacial score (nSPS) is 21.9. The molecule has 3 heteroatoms. The predicted octanol–water partition coefficient (Wildman–Crippen LogP) is 6.28. The maximum Gasteiger partial charge on any atom is 0.121 e. The summed E-state index contributed by atoms with van der Waals surface area (Å²) in [5, 5.41) is 1.19. The number of alkyl halides is 1. The van der Waals surface area contributed by atoms with Gasteiger partial charge in [0.1, 0.15) is 7.14 Å². The van der Waals surface area contributed by atoms with Gasteiger partial charge in [-0.1, -0.05) is 85.4 Å². The van der Waals surface area contributed by atoms with Gasteiger partial charge in [0.05, 0.1) is 0 Å². The van der Waals surface area contributed by atoms with Crippen molar-refractivity contribution in [3.05, 3.63) is 29.8 Å². The van der Waals surface area contributed by atoms with Crippen molar-refractivity contribution in [1.29, 1.82) is 0 Å². The molecule has 0 spiro atoms. The van der Waals surface area contributed by atoms with Crippen LogP contribution in [0.25, 0.3) is 0 Å². The maximum absolute atomic E-state index is 14.3. The van der Waals surface area contributed by atoms with E-state index in [9.17, 15) is 4.57 Å². The highest BCUT2D eigenvalue weighted by Crippen LogP contribution is 2.61. The number of benzene rings is 1. The second kappa shape index (κ2) is 7.83. The van der Waals surface area contributed by atoms with Crippen LogP contribution in [0.3, 0.4) is 0 Å². The SMILES string of the molecule is O=P(c1ccc(CI)cc1)(C1CCCCC1)C1CCCCC1. The molecule has 1 aromatic rings. The van der Waals surface area contributed by atoms with Crippen molar-refractivity contribution in [3.63, 3.8) is 0 Å². The van der Waals surface area contributed by atoms with E-state index >= 15 is 0 Å². The van der Waals surface area contributed by atoms with E-state index in [-0.39, 0.29) is 0 Å². The highest BCUT2D eigenvalue weighted by molar-refractivity contribution is 14.1. The minimum absolute atomic E-state index is 0.467. The van der Waals surface area contributed by atoms with E-state index in [4.69, 9.17) is 0 Å². The summed E-state index contributed by atoms with van der Waals surface area (Å²) in [6.07, 6.45) is 12.6. The summed E-state index contributed by atoms with van der Waals surface area (Å²) in [5.74, 6) is 0. The molecular weight excluding hydrogens is 402 g/mol. The molecule has 1 nitrogen and oxygen atoms in total. The lowest BCUT2D eigenvalue weighted by Crippen LogP contribution is -2.29. The van der Waals surface area contributed by atoms with Crippen LogP contribution in [0.1, 0.15) is 69.8 Å². The molecule has 2 aliphatic rings. The van der Waals surface area contributed by atoms with Crippen molar-refractivity contribution in [2.24, 2.45) is 0 Å². The monoisotopic (exact) mass is 430 g/mol. The Bertz CT molecular complexity index is 491. The van der Waals surface area contributed by atoms with Crippen LogP contribution in [0.2, 0.25) is 0 Å². The Kier molecular flexibility index (Phi) is 6.06. The molecule has 0 unspecified atom stereocenters. The molecule has 0 heterocycles. The third kappa shape index (κ3) is 3.48. The summed E-state index contributed by atoms with van der Waals surface area (Å²) < 4.78 is 15.4. The van der Waals surface area contributed by atoms with Crippen LogP contribution >= 0.6 is 29.7 Å². The molecule has 0 atom stereocenters. The van der Waals surface area contributed by atoms with Gasteiger partial charge in [-0.2, -0.15) is 0 Å². The average molecular weight is 430 g/mol. The topological polar surface area (TPSA) is 17.1 Å². The van der Waals surface area contributed by atoms with Crippen LogP contribution in [0.4, 0.5) is 0 Å². The lowest BCUT2D eigenvalue weighted by Gasteiger charge is -2.38. The number of rotatable bonds is 4. The van der Waals surface area contributed by atoms with E-state index in [2.05, 4.69) is 46.9 Å². The van der Waals surface area contributed by atoms with Gasteiger partial charge in [0.15, 0.2) is 0 Å². The molecule has 2 fully saturated rings. The van der Waals surface area contributed by atoms with Crippen LogP contribution in [0, 0.1) is 0 Å². The minimum atomic E-state index is -2.26. The quantitative estimate of drug-likeness (QED) is 0.312. The first-order valence-corrected chi connectivity index (χ1v) is 12.4. The molecule has 122 valence electrons. The maximum atomic E-state index is 14.3. The van der Waals surface area contributed by atoms with Gasteiger partial charge >= 0.3 is 0 Å². The van der Waals surface area contributed by atoms with Gasteiger partial charge in [-0.25, -0.2) is 0 Å². The summed E-state index contributed by atoms with van der Waals surface area (Å²) in [5.41, 5.74) is 2.28. The molecule has 2 aliphatic carbocycles. The Morgan fingerprint density at radius 3 is 1.68 bits per heavy atom. The molecule has 3 rings (SSSR count). The van der Waals surface area contributed by atoms with E-state index < -0.39 is 7.14 Å². The first-order valence-electron chi connectivity index (χ1n) is 9.00. The van der Waals surface area contributed by atoms with Crippen molar-refractivity contribution in [1.82, 2.24) is 0 Å². The molecule has 2 saturated carbocycles. The van der Waals surface area contributed by atoms with Crippen LogP contribution in [0.5, 0.6) is 0 Å². The van der Waals surface area contributed by atoms with Gasteiger partial charge < -0.3 is 4.57 Å². The minimum Gasteiger partial charge on any atom is -0.318 e. The molecule has 0 N–H and O–H groups in total. The predicted molar refractivity (Wildman–Crippen MR) is 105 cm³/mol. The van der Waals surface area contributed by atoms with Gasteiger partial charge in [-0.3, -0.25) is 0 Å². The van der Waals surface area contributed by atoms with Crippen LogP contribution in [-0.4, -0.2) is 11.3 Å². The standard InChI is InChI=1S/C19H28IOP/c20-15-16-11-13-19(14-12-16)22(21,17-7-3-1-4-8-17)18-9-5-2-6-10-18/h11-14,17-18H,1-10,15H2. The molecule has 0 aromatic heterocycles. The smallest absolute Gasteiger partial charge is 0.121 e. The first-order chi connectivity index (χ1) is 10.7. The second-order valence-electron chi connectivity index (χ2n) is 7.09. The highest BCUT2D eigenvalue weighted by atomic mass is 127. The van der Waals surface area contributed by atoms with Crippen LogP contribution in [-0.2, 0) is 8.99 Å². The molecule has 0 amide bonds. The molecule has 22 heavy (non-hydrogen) atoms. The van der Waals surface area contributed by atoms with Gasteiger partial charge in [-0.15, -0.1) is 0 Å². The zero-order valence-corrected chi connectivity index (χ0v) is 16.5. The third-order valence-corrected chi connectivity index (χ3v) is 10.9. The van der Waals surface area contributed by atoms with Gasteiger partial charge in [0.2, 0.25) is 0 Å². The number of halogens is 1. The van der Waals surface area contributed by atoms with Gasteiger partial charge in [-0.05, 0) is 31.2 Å². The highest BCUT2D eigenvalue weighted by Gasteiger charge is 2.42. The Hall–Kier alpha value is 0.180. The fourth-order valence-corrected chi connectivity index (χ4v) is 9.29. The summed E-state index contributed by atoms with van der Waals surface area (Å²) in [6, 6.07) is 8.83. The van der Waals surface area contributed by atoms with Crippen molar-refractivity contribution in [2.45, 2.75) is 80.0 Å². The second-order valence-corrected chi connectivity index (χ2v) is 11.3. The molecule has 0 saturated heterocycles. The summed E-state index contributed by atoms with van der Waals surface area (Å²) in [7, 11) is -2.26. The largest absolute Gasteiger partial charge is 0.318 e. The van der Waals surface area contributed by atoms with E-state index in [1.54, 1.807) is 0 Å². The van der Waals surface area contributed by atoms with Crippen molar-refractivity contribution >= 4 is 35.0 Å². The van der Waals surface area contributed by atoms with E-state index in [0.717, 1.165) is 4.43 Å². The van der Waals surface area contributed by atoms with Gasteiger partial charge in [0, 0.05) is 21.1 Å². The number of hydrogen-bond acceptors (Lipinski definition) is 1. The zero-order valence-electron chi connectivity index (χ0n) is 13.5. The Morgan fingerprint density at radius 2 is 1.27 bits per heavy atom. The average Bonchev–Trinajstić information content (AvgIpc) is 2.62. The van der Waals surface area contributed by atoms with Crippen molar-refractivity contribution < 1.29 is 4.57 Å². The zero-order chi connectivity index (χ0) is 15.4.